The minimum Gasteiger partial charge on any atom is -0.454 e. The number of thiazole rings is 1. The van der Waals surface area contributed by atoms with Gasteiger partial charge in [0, 0.05) is 45.1 Å². The Morgan fingerprint density at radius 1 is 0.970 bits per heavy atom. The molecule has 166 valence electrons. The average Bonchev–Trinajstić information content (AvgIpc) is 3.51. The van der Waals surface area contributed by atoms with Crippen molar-refractivity contribution in [2.24, 2.45) is 0 Å². The van der Waals surface area contributed by atoms with Gasteiger partial charge in [-0.05, 0) is 29.8 Å². The second-order valence-corrected chi connectivity index (χ2v) is 9.03. The molecule has 0 saturated carbocycles. The third kappa shape index (κ3) is 3.90. The van der Waals surface area contributed by atoms with Gasteiger partial charge >= 0.3 is 0 Å². The maximum atomic E-state index is 13.4. The van der Waals surface area contributed by atoms with Crippen LogP contribution >= 0.6 is 11.3 Å². The number of fused-ring (bicyclic) bond motifs is 2. The number of hydrogen-bond donors (Lipinski definition) is 0. The van der Waals surface area contributed by atoms with E-state index in [9.17, 15) is 4.79 Å². The normalized spacial score (nSPS) is 15.8. The fraction of sp³-hybridized carbons (Fsp3) is 0.250. The number of aromatic nitrogens is 3. The van der Waals surface area contributed by atoms with Crippen molar-refractivity contribution in [2.45, 2.75) is 6.54 Å². The monoisotopic (exact) mass is 459 g/mol. The van der Waals surface area contributed by atoms with Crippen LogP contribution in [0.2, 0.25) is 0 Å². The van der Waals surface area contributed by atoms with Crippen molar-refractivity contribution in [2.75, 3.05) is 33.0 Å². The summed E-state index contributed by atoms with van der Waals surface area (Å²) in [6, 6.07) is 14.0. The molecule has 0 atom stereocenters. The molecule has 0 aliphatic carbocycles. The molecule has 0 radical (unpaired) electrons. The second-order valence-electron chi connectivity index (χ2n) is 8.00. The molecule has 1 saturated heterocycles. The van der Waals surface area contributed by atoms with E-state index in [0.29, 0.717) is 29.5 Å². The number of para-hydroxylation sites is 1. The van der Waals surface area contributed by atoms with Crippen molar-refractivity contribution in [3.8, 4) is 22.2 Å². The molecular weight excluding hydrogens is 438 g/mol. The van der Waals surface area contributed by atoms with Crippen molar-refractivity contribution in [3.63, 3.8) is 0 Å². The predicted molar refractivity (Wildman–Crippen MR) is 124 cm³/mol. The molecule has 0 spiro atoms. The zero-order valence-corrected chi connectivity index (χ0v) is 18.6. The number of hydrogen-bond acceptors (Lipinski definition) is 8. The molecule has 2 aromatic carbocycles. The molecular formula is C24H21N5O3S. The molecule has 0 bridgehead atoms. The Labute approximate surface area is 194 Å². The molecule has 1 fully saturated rings. The van der Waals surface area contributed by atoms with Crippen LogP contribution in [0.1, 0.15) is 16.1 Å². The molecule has 2 aliphatic heterocycles. The van der Waals surface area contributed by atoms with E-state index in [4.69, 9.17) is 9.47 Å². The highest BCUT2D eigenvalue weighted by Crippen LogP contribution is 2.33. The van der Waals surface area contributed by atoms with E-state index in [2.05, 4.69) is 25.9 Å². The lowest BCUT2D eigenvalue weighted by molar-refractivity contribution is 0.0623. The van der Waals surface area contributed by atoms with Crippen molar-refractivity contribution in [1.82, 2.24) is 24.8 Å². The third-order valence-electron chi connectivity index (χ3n) is 5.90. The number of piperazine rings is 1. The van der Waals surface area contributed by atoms with Gasteiger partial charge in [-0.15, -0.1) is 11.3 Å². The molecule has 1 amide bonds. The van der Waals surface area contributed by atoms with Crippen LogP contribution in [-0.4, -0.2) is 63.6 Å². The van der Waals surface area contributed by atoms with Crippen LogP contribution in [0.5, 0.6) is 11.5 Å². The largest absolute Gasteiger partial charge is 0.454 e. The minimum atomic E-state index is -0.0971. The van der Waals surface area contributed by atoms with E-state index in [-0.39, 0.29) is 12.7 Å². The van der Waals surface area contributed by atoms with Crippen molar-refractivity contribution in [3.05, 3.63) is 66.1 Å². The molecule has 4 aromatic rings. The van der Waals surface area contributed by atoms with Gasteiger partial charge in [-0.3, -0.25) is 9.69 Å². The Balaban J connectivity index is 1.15. The number of carbonyl (C=O) groups excluding carboxylic acids is 1. The van der Waals surface area contributed by atoms with Gasteiger partial charge in [0.25, 0.3) is 5.91 Å². The maximum absolute atomic E-state index is 13.4. The Morgan fingerprint density at radius 3 is 2.67 bits per heavy atom. The van der Waals surface area contributed by atoms with Gasteiger partial charge in [-0.2, -0.15) is 0 Å². The summed E-state index contributed by atoms with van der Waals surface area (Å²) in [6.07, 6.45) is 3.18. The lowest BCUT2D eigenvalue weighted by Crippen LogP contribution is -2.48. The Morgan fingerprint density at radius 2 is 1.79 bits per heavy atom. The van der Waals surface area contributed by atoms with E-state index in [1.165, 1.54) is 16.9 Å². The lowest BCUT2D eigenvalue weighted by Gasteiger charge is -2.34. The van der Waals surface area contributed by atoms with Gasteiger partial charge in [0.05, 0.1) is 10.2 Å². The van der Waals surface area contributed by atoms with E-state index >= 15 is 0 Å². The molecule has 8 nitrogen and oxygen atoms in total. The van der Waals surface area contributed by atoms with Crippen LogP contribution in [-0.2, 0) is 6.54 Å². The standard InChI is InChI=1S/C24H21N5O3S/c30-24(22-21(25-7-8-26-22)23-27-17-3-1-2-4-20(17)33-23)29-11-9-28(10-12-29)14-16-5-6-18-19(13-16)32-15-31-18/h1-8,13H,9-12,14-15H2. The number of amides is 1. The number of carbonyl (C=O) groups is 1. The van der Waals surface area contributed by atoms with Crippen molar-refractivity contribution >= 4 is 27.5 Å². The molecule has 9 heteroatoms. The Bertz CT molecular complexity index is 1300. The zero-order chi connectivity index (χ0) is 22.2. The number of ether oxygens (including phenoxy) is 2. The molecule has 0 unspecified atom stereocenters. The minimum absolute atomic E-state index is 0.0971. The maximum Gasteiger partial charge on any atom is 0.274 e. The highest BCUT2D eigenvalue weighted by molar-refractivity contribution is 7.21. The van der Waals surface area contributed by atoms with E-state index in [1.807, 2.05) is 41.3 Å². The van der Waals surface area contributed by atoms with E-state index < -0.39 is 0 Å². The Hall–Kier alpha value is -3.56. The quantitative estimate of drug-likeness (QED) is 0.462. The summed E-state index contributed by atoms with van der Waals surface area (Å²) in [7, 11) is 0. The van der Waals surface area contributed by atoms with Gasteiger partial charge in [0.15, 0.2) is 17.2 Å². The van der Waals surface area contributed by atoms with Crippen LogP contribution in [0.15, 0.2) is 54.9 Å². The second kappa shape index (κ2) is 8.42. The molecule has 33 heavy (non-hydrogen) atoms. The third-order valence-corrected chi connectivity index (χ3v) is 6.94. The summed E-state index contributed by atoms with van der Waals surface area (Å²) in [5.41, 5.74) is 2.98. The number of rotatable bonds is 4. The average molecular weight is 460 g/mol. The molecule has 6 rings (SSSR count). The van der Waals surface area contributed by atoms with Gasteiger partial charge in [-0.1, -0.05) is 18.2 Å². The summed E-state index contributed by atoms with van der Waals surface area (Å²) >= 11 is 1.53. The molecule has 2 aromatic heterocycles. The van der Waals surface area contributed by atoms with Gasteiger partial charge in [-0.25, -0.2) is 15.0 Å². The Kier molecular flexibility index (Phi) is 5.12. The highest BCUT2D eigenvalue weighted by Gasteiger charge is 2.27. The van der Waals surface area contributed by atoms with Crippen LogP contribution < -0.4 is 9.47 Å². The first-order valence-corrected chi connectivity index (χ1v) is 11.6. The number of nitrogens with zero attached hydrogens (tertiary/aromatic N) is 5. The summed E-state index contributed by atoms with van der Waals surface area (Å²) < 4.78 is 11.9. The van der Waals surface area contributed by atoms with E-state index in [0.717, 1.165) is 41.3 Å². The van der Waals surface area contributed by atoms with E-state index in [1.54, 1.807) is 12.4 Å². The highest BCUT2D eigenvalue weighted by atomic mass is 32.1. The van der Waals surface area contributed by atoms with Crippen molar-refractivity contribution in [1.29, 1.82) is 0 Å². The van der Waals surface area contributed by atoms with Gasteiger partial charge in [0.1, 0.15) is 10.7 Å². The van der Waals surface area contributed by atoms with Crippen molar-refractivity contribution < 1.29 is 14.3 Å². The smallest absolute Gasteiger partial charge is 0.274 e. The zero-order valence-electron chi connectivity index (χ0n) is 17.8. The first-order chi connectivity index (χ1) is 16.2. The molecule has 0 N–H and O–H groups in total. The van der Waals surface area contributed by atoms with Crippen LogP contribution in [0, 0.1) is 0 Å². The van der Waals surface area contributed by atoms with Gasteiger partial charge < -0.3 is 14.4 Å². The number of benzene rings is 2. The van der Waals surface area contributed by atoms with Crippen LogP contribution in [0.4, 0.5) is 0 Å². The molecule has 4 heterocycles. The predicted octanol–water partition coefficient (Wildman–Crippen LogP) is 3.44. The van der Waals surface area contributed by atoms with Crippen LogP contribution in [0.3, 0.4) is 0 Å². The lowest BCUT2D eigenvalue weighted by atomic mass is 10.1. The summed E-state index contributed by atoms with van der Waals surface area (Å²) in [6.45, 7) is 3.94. The first-order valence-electron chi connectivity index (χ1n) is 10.8. The fourth-order valence-corrected chi connectivity index (χ4v) is 5.14. The summed E-state index contributed by atoms with van der Waals surface area (Å²) in [5.74, 6) is 1.49. The first kappa shape index (κ1) is 20.1. The SMILES string of the molecule is O=C(c1nccnc1-c1nc2ccccc2s1)N1CCN(Cc2ccc3c(c2)OCO3)CC1. The molecule has 2 aliphatic rings. The fourth-order valence-electron chi connectivity index (χ4n) is 4.18. The van der Waals surface area contributed by atoms with Gasteiger partial charge in [0.2, 0.25) is 6.79 Å². The summed E-state index contributed by atoms with van der Waals surface area (Å²) in [4.78, 5) is 31.1. The topological polar surface area (TPSA) is 80.7 Å². The van der Waals surface area contributed by atoms with Crippen LogP contribution in [0.25, 0.3) is 20.9 Å². The summed E-state index contributed by atoms with van der Waals surface area (Å²) in [5, 5.41) is 0.717.